The Hall–Kier alpha value is -0.0400. The van der Waals surface area contributed by atoms with Gasteiger partial charge in [-0.1, -0.05) is 40.0 Å². The van der Waals surface area contributed by atoms with E-state index < -0.39 is 0 Å². The maximum Gasteiger partial charge on any atom is -0.00720 e. The largest absolute Gasteiger partial charge is 0.330 e. The minimum Gasteiger partial charge on any atom is -0.330 e. The second kappa shape index (κ2) is 7.37. The van der Waals surface area contributed by atoms with Crippen LogP contribution in [0.15, 0.2) is 0 Å². The van der Waals surface area contributed by atoms with Crippen molar-refractivity contribution in [1.29, 1.82) is 0 Å². The molecular weight excluding hydrogens is 158 g/mol. The summed E-state index contributed by atoms with van der Waals surface area (Å²) in [6.07, 6.45) is 9.24. The minimum atomic E-state index is 0.576. The van der Waals surface area contributed by atoms with Gasteiger partial charge in [0.2, 0.25) is 0 Å². The molecule has 1 nitrogen and oxygen atoms in total. The van der Waals surface area contributed by atoms with Gasteiger partial charge in [0.15, 0.2) is 0 Å². The van der Waals surface area contributed by atoms with Crippen LogP contribution in [0.2, 0.25) is 0 Å². The van der Waals surface area contributed by atoms with Crippen molar-refractivity contribution in [3.8, 4) is 0 Å². The third-order valence-corrected chi connectivity index (χ3v) is 3.02. The zero-order valence-corrected chi connectivity index (χ0v) is 9.73. The SMILES string of the molecule is CCCC(CCC)(CCC)CCN. The number of hydrogen-bond acceptors (Lipinski definition) is 1. The van der Waals surface area contributed by atoms with Gasteiger partial charge >= 0.3 is 0 Å². The summed E-state index contributed by atoms with van der Waals surface area (Å²) >= 11 is 0. The van der Waals surface area contributed by atoms with E-state index in [1.807, 2.05) is 0 Å². The predicted octanol–water partition coefficient (Wildman–Crippen LogP) is 3.72. The van der Waals surface area contributed by atoms with Crippen LogP contribution in [0, 0.1) is 5.41 Å². The molecule has 0 rings (SSSR count). The zero-order valence-electron chi connectivity index (χ0n) is 9.73. The Morgan fingerprint density at radius 3 is 1.38 bits per heavy atom. The van der Waals surface area contributed by atoms with Crippen LogP contribution >= 0.6 is 0 Å². The Balaban J connectivity index is 4.19. The Bertz CT molecular complexity index is 80.2. The summed E-state index contributed by atoms with van der Waals surface area (Å²) in [6.45, 7) is 7.73. The van der Waals surface area contributed by atoms with Gasteiger partial charge in [0, 0.05) is 0 Å². The molecule has 1 heteroatoms. The molecule has 0 unspecified atom stereocenters. The van der Waals surface area contributed by atoms with Crippen molar-refractivity contribution in [2.24, 2.45) is 11.1 Å². The van der Waals surface area contributed by atoms with E-state index in [4.69, 9.17) is 5.73 Å². The van der Waals surface area contributed by atoms with Gasteiger partial charge in [0.05, 0.1) is 0 Å². The van der Waals surface area contributed by atoms with Crippen molar-refractivity contribution in [3.63, 3.8) is 0 Å². The van der Waals surface area contributed by atoms with E-state index in [2.05, 4.69) is 20.8 Å². The topological polar surface area (TPSA) is 26.0 Å². The van der Waals surface area contributed by atoms with E-state index in [0.29, 0.717) is 5.41 Å². The first-order valence-electron chi connectivity index (χ1n) is 5.94. The van der Waals surface area contributed by atoms with Gasteiger partial charge in [-0.2, -0.15) is 0 Å². The van der Waals surface area contributed by atoms with Crippen LogP contribution in [0.1, 0.15) is 65.7 Å². The van der Waals surface area contributed by atoms with Gasteiger partial charge in [-0.15, -0.1) is 0 Å². The van der Waals surface area contributed by atoms with Crippen LogP contribution in [0.5, 0.6) is 0 Å². The molecule has 0 saturated heterocycles. The zero-order chi connectivity index (χ0) is 10.2. The molecule has 80 valence electrons. The van der Waals surface area contributed by atoms with Crippen LogP contribution in [-0.4, -0.2) is 6.54 Å². The summed E-state index contributed by atoms with van der Waals surface area (Å²) in [5.74, 6) is 0. The Morgan fingerprint density at radius 1 is 0.769 bits per heavy atom. The smallest absolute Gasteiger partial charge is 0.00720 e. The van der Waals surface area contributed by atoms with E-state index in [0.717, 1.165) is 6.54 Å². The average molecular weight is 185 g/mol. The van der Waals surface area contributed by atoms with Crippen molar-refractivity contribution in [1.82, 2.24) is 0 Å². The molecule has 0 amide bonds. The summed E-state index contributed by atoms with van der Waals surface area (Å²) in [6, 6.07) is 0. The molecule has 0 saturated carbocycles. The highest BCUT2D eigenvalue weighted by molar-refractivity contribution is 4.78. The fourth-order valence-electron chi connectivity index (χ4n) is 2.65. The van der Waals surface area contributed by atoms with Crippen molar-refractivity contribution in [2.75, 3.05) is 6.54 Å². The van der Waals surface area contributed by atoms with Crippen molar-refractivity contribution in [2.45, 2.75) is 65.7 Å². The second-order valence-corrected chi connectivity index (χ2v) is 4.29. The summed E-state index contributed by atoms with van der Waals surface area (Å²) in [4.78, 5) is 0. The molecule has 0 aliphatic carbocycles. The molecule has 0 atom stereocenters. The number of rotatable bonds is 8. The molecule has 0 aliphatic rings. The molecule has 0 fully saturated rings. The first kappa shape index (κ1) is 13.0. The minimum absolute atomic E-state index is 0.576. The monoisotopic (exact) mass is 185 g/mol. The molecule has 13 heavy (non-hydrogen) atoms. The molecule has 0 spiro atoms. The normalized spacial score (nSPS) is 12.0. The quantitative estimate of drug-likeness (QED) is 0.613. The predicted molar refractivity (Wildman–Crippen MR) is 60.8 cm³/mol. The highest BCUT2D eigenvalue weighted by Crippen LogP contribution is 2.37. The van der Waals surface area contributed by atoms with E-state index in [1.54, 1.807) is 0 Å². The van der Waals surface area contributed by atoms with Crippen molar-refractivity contribution < 1.29 is 0 Å². The number of hydrogen-bond donors (Lipinski definition) is 1. The molecular formula is C12H27N. The summed E-state index contributed by atoms with van der Waals surface area (Å²) < 4.78 is 0. The Labute approximate surface area is 84.1 Å². The lowest BCUT2D eigenvalue weighted by Crippen LogP contribution is -2.24. The first-order chi connectivity index (χ1) is 6.24. The van der Waals surface area contributed by atoms with Crippen LogP contribution < -0.4 is 5.73 Å². The van der Waals surface area contributed by atoms with E-state index in [1.165, 1.54) is 44.9 Å². The Morgan fingerprint density at radius 2 is 1.15 bits per heavy atom. The fourth-order valence-corrected chi connectivity index (χ4v) is 2.65. The van der Waals surface area contributed by atoms with Gasteiger partial charge in [0.1, 0.15) is 0 Å². The second-order valence-electron chi connectivity index (χ2n) is 4.29. The lowest BCUT2D eigenvalue weighted by molar-refractivity contribution is 0.196. The van der Waals surface area contributed by atoms with E-state index in [9.17, 15) is 0 Å². The highest BCUT2D eigenvalue weighted by atomic mass is 14.5. The molecule has 0 aromatic carbocycles. The highest BCUT2D eigenvalue weighted by Gasteiger charge is 2.25. The van der Waals surface area contributed by atoms with Crippen LogP contribution in [0.25, 0.3) is 0 Å². The summed E-state index contributed by atoms with van der Waals surface area (Å²) in [5, 5.41) is 0. The first-order valence-corrected chi connectivity index (χ1v) is 5.94. The molecule has 2 N–H and O–H groups in total. The average Bonchev–Trinajstić information content (AvgIpc) is 2.06. The molecule has 0 aliphatic heterocycles. The molecule has 0 aromatic heterocycles. The van der Waals surface area contributed by atoms with Crippen LogP contribution in [0.4, 0.5) is 0 Å². The lowest BCUT2D eigenvalue weighted by atomic mass is 9.73. The summed E-state index contributed by atoms with van der Waals surface area (Å²) in [5.41, 5.74) is 6.28. The summed E-state index contributed by atoms with van der Waals surface area (Å²) in [7, 11) is 0. The van der Waals surface area contributed by atoms with E-state index in [-0.39, 0.29) is 0 Å². The van der Waals surface area contributed by atoms with Crippen molar-refractivity contribution >= 4 is 0 Å². The van der Waals surface area contributed by atoms with Crippen LogP contribution in [-0.2, 0) is 0 Å². The molecule has 0 aromatic rings. The lowest BCUT2D eigenvalue weighted by Gasteiger charge is -2.33. The van der Waals surface area contributed by atoms with Gasteiger partial charge < -0.3 is 5.73 Å². The van der Waals surface area contributed by atoms with Gasteiger partial charge in [-0.05, 0) is 37.6 Å². The third kappa shape index (κ3) is 4.66. The molecule has 0 heterocycles. The van der Waals surface area contributed by atoms with Gasteiger partial charge in [0.25, 0.3) is 0 Å². The third-order valence-electron chi connectivity index (χ3n) is 3.02. The maximum absolute atomic E-state index is 5.71. The van der Waals surface area contributed by atoms with Crippen LogP contribution in [0.3, 0.4) is 0 Å². The molecule has 0 radical (unpaired) electrons. The fraction of sp³-hybridized carbons (Fsp3) is 1.00. The molecule has 0 bridgehead atoms. The number of nitrogens with two attached hydrogens (primary N) is 1. The van der Waals surface area contributed by atoms with Crippen molar-refractivity contribution in [3.05, 3.63) is 0 Å². The maximum atomic E-state index is 5.71. The Kier molecular flexibility index (Phi) is 7.35. The standard InChI is InChI=1S/C12H27N/c1-4-7-12(8-5-2,9-6-3)10-11-13/h4-11,13H2,1-3H3. The van der Waals surface area contributed by atoms with Gasteiger partial charge in [-0.25, -0.2) is 0 Å². The van der Waals surface area contributed by atoms with Gasteiger partial charge in [-0.3, -0.25) is 0 Å². The van der Waals surface area contributed by atoms with E-state index >= 15 is 0 Å².